The van der Waals surface area contributed by atoms with Gasteiger partial charge < -0.3 is 5.32 Å². The lowest BCUT2D eigenvalue weighted by atomic mass is 9.66. The van der Waals surface area contributed by atoms with E-state index in [-0.39, 0.29) is 22.7 Å². The minimum absolute atomic E-state index is 0.00848. The lowest BCUT2D eigenvalue weighted by Crippen LogP contribution is -2.45. The number of carbonyl (C=O) groups excluding carboxylic acids is 1. The largest absolute Gasteiger partial charge is 0.356 e. The van der Waals surface area contributed by atoms with Crippen molar-refractivity contribution in [1.82, 2.24) is 5.32 Å². The van der Waals surface area contributed by atoms with E-state index in [2.05, 4.69) is 53.8 Å². The van der Waals surface area contributed by atoms with Crippen molar-refractivity contribution in [2.24, 2.45) is 16.7 Å². The Bertz CT molecular complexity index is 206. The Morgan fingerprint density at radius 2 is 1.50 bits per heavy atom. The zero-order chi connectivity index (χ0) is 13.0. The Kier molecular flexibility index (Phi) is 5.51. The average molecular weight is 227 g/mol. The van der Waals surface area contributed by atoms with Crippen LogP contribution in [0.2, 0.25) is 0 Å². The molecule has 0 aliphatic rings. The fraction of sp³-hybridized carbons (Fsp3) is 0.929. The van der Waals surface area contributed by atoms with Gasteiger partial charge in [-0.2, -0.15) is 0 Å². The molecule has 2 nitrogen and oxygen atoms in total. The SMILES string of the molecule is CCCCNC(=O)C(C(C)(C)C)C(C)(C)C. The molecule has 0 spiro atoms. The zero-order valence-electron chi connectivity index (χ0n) is 12.1. The Balaban J connectivity index is 4.61. The van der Waals surface area contributed by atoms with Crippen molar-refractivity contribution in [2.75, 3.05) is 6.54 Å². The molecule has 1 amide bonds. The highest BCUT2D eigenvalue weighted by atomic mass is 16.1. The maximum Gasteiger partial charge on any atom is 0.224 e. The normalized spacial score (nSPS) is 13.0. The maximum atomic E-state index is 12.2. The Morgan fingerprint density at radius 3 is 1.81 bits per heavy atom. The van der Waals surface area contributed by atoms with Gasteiger partial charge in [-0.25, -0.2) is 0 Å². The molecule has 0 aliphatic heterocycles. The third-order valence-corrected chi connectivity index (χ3v) is 2.82. The van der Waals surface area contributed by atoms with Crippen molar-refractivity contribution in [3.63, 3.8) is 0 Å². The molecule has 2 heteroatoms. The summed E-state index contributed by atoms with van der Waals surface area (Å²) in [5.41, 5.74) is 0.0170. The monoisotopic (exact) mass is 227 g/mol. The highest BCUT2D eigenvalue weighted by molar-refractivity contribution is 5.80. The summed E-state index contributed by atoms with van der Waals surface area (Å²) >= 11 is 0. The summed E-state index contributed by atoms with van der Waals surface area (Å²) in [6.45, 7) is 15.8. The first-order chi connectivity index (χ1) is 7.10. The first-order valence-corrected chi connectivity index (χ1v) is 6.38. The molecule has 0 saturated heterocycles. The third-order valence-electron chi connectivity index (χ3n) is 2.82. The number of carbonyl (C=O) groups is 1. The van der Waals surface area contributed by atoms with Crippen molar-refractivity contribution >= 4 is 5.91 Å². The van der Waals surface area contributed by atoms with Crippen molar-refractivity contribution in [3.8, 4) is 0 Å². The third kappa shape index (κ3) is 5.00. The van der Waals surface area contributed by atoms with Crippen LogP contribution in [0.15, 0.2) is 0 Å². The lowest BCUT2D eigenvalue weighted by molar-refractivity contribution is -0.133. The lowest BCUT2D eigenvalue weighted by Gasteiger charge is -2.39. The summed E-state index contributed by atoms with van der Waals surface area (Å²) in [5.74, 6) is 0.255. The highest BCUT2D eigenvalue weighted by Crippen LogP contribution is 2.39. The van der Waals surface area contributed by atoms with E-state index in [1.165, 1.54) is 0 Å². The summed E-state index contributed by atoms with van der Waals surface area (Å²) < 4.78 is 0. The molecule has 96 valence electrons. The molecular weight excluding hydrogens is 198 g/mol. The van der Waals surface area contributed by atoms with Crippen LogP contribution in [-0.4, -0.2) is 12.5 Å². The smallest absolute Gasteiger partial charge is 0.224 e. The van der Waals surface area contributed by atoms with Gasteiger partial charge in [0.05, 0.1) is 0 Å². The molecule has 0 aromatic rings. The van der Waals surface area contributed by atoms with Crippen molar-refractivity contribution in [2.45, 2.75) is 61.3 Å². The summed E-state index contributed by atoms with van der Waals surface area (Å²) in [6.07, 6.45) is 2.18. The van der Waals surface area contributed by atoms with E-state index in [9.17, 15) is 4.79 Å². The van der Waals surface area contributed by atoms with Crippen LogP contribution < -0.4 is 5.32 Å². The van der Waals surface area contributed by atoms with Gasteiger partial charge >= 0.3 is 0 Å². The van der Waals surface area contributed by atoms with Crippen LogP contribution in [0.25, 0.3) is 0 Å². The standard InChI is InChI=1S/C14H29NO/c1-8-9-10-15-12(16)11(13(2,3)4)14(5,6)7/h11H,8-10H2,1-7H3,(H,15,16). The predicted molar refractivity (Wildman–Crippen MR) is 70.3 cm³/mol. The molecule has 0 atom stereocenters. The molecule has 0 radical (unpaired) electrons. The number of hydrogen-bond donors (Lipinski definition) is 1. The second-order valence-electron chi connectivity index (χ2n) is 6.81. The zero-order valence-corrected chi connectivity index (χ0v) is 12.1. The van der Waals surface area contributed by atoms with Crippen LogP contribution in [0.3, 0.4) is 0 Å². The van der Waals surface area contributed by atoms with Crippen LogP contribution in [-0.2, 0) is 4.79 Å². The van der Waals surface area contributed by atoms with Crippen molar-refractivity contribution in [1.29, 1.82) is 0 Å². The summed E-state index contributed by atoms with van der Waals surface area (Å²) in [5, 5.41) is 3.06. The Morgan fingerprint density at radius 1 is 1.06 bits per heavy atom. The number of nitrogens with one attached hydrogen (secondary N) is 1. The van der Waals surface area contributed by atoms with Gasteiger partial charge in [0.1, 0.15) is 0 Å². The van der Waals surface area contributed by atoms with Crippen LogP contribution >= 0.6 is 0 Å². The quantitative estimate of drug-likeness (QED) is 0.730. The second-order valence-corrected chi connectivity index (χ2v) is 6.81. The van der Waals surface area contributed by atoms with Crippen LogP contribution in [0, 0.1) is 16.7 Å². The highest BCUT2D eigenvalue weighted by Gasteiger charge is 2.39. The van der Waals surface area contributed by atoms with E-state index < -0.39 is 0 Å². The second kappa shape index (κ2) is 5.70. The van der Waals surface area contributed by atoms with E-state index in [0.29, 0.717) is 0 Å². The van der Waals surface area contributed by atoms with Gasteiger partial charge in [-0.3, -0.25) is 4.79 Å². The Labute approximate surface area is 101 Å². The first kappa shape index (κ1) is 15.5. The van der Waals surface area contributed by atoms with E-state index in [0.717, 1.165) is 19.4 Å². The van der Waals surface area contributed by atoms with Crippen LogP contribution in [0.4, 0.5) is 0 Å². The van der Waals surface area contributed by atoms with E-state index in [4.69, 9.17) is 0 Å². The molecule has 0 fully saturated rings. The predicted octanol–water partition coefficient (Wildman–Crippen LogP) is 3.61. The van der Waals surface area contributed by atoms with Gasteiger partial charge in [-0.1, -0.05) is 54.9 Å². The number of rotatable bonds is 4. The topological polar surface area (TPSA) is 29.1 Å². The summed E-state index contributed by atoms with van der Waals surface area (Å²) in [6, 6.07) is 0. The molecule has 16 heavy (non-hydrogen) atoms. The fourth-order valence-electron chi connectivity index (χ4n) is 2.58. The number of hydrogen-bond acceptors (Lipinski definition) is 1. The molecule has 0 unspecified atom stereocenters. The van der Waals surface area contributed by atoms with Crippen LogP contribution in [0.5, 0.6) is 0 Å². The van der Waals surface area contributed by atoms with Gasteiger partial charge in [0.2, 0.25) is 5.91 Å². The number of amides is 1. The van der Waals surface area contributed by atoms with E-state index in [1.54, 1.807) is 0 Å². The minimum atomic E-state index is 0.00848. The number of unbranched alkanes of at least 4 members (excludes halogenated alkanes) is 1. The molecule has 0 saturated carbocycles. The van der Waals surface area contributed by atoms with Gasteiger partial charge in [0, 0.05) is 12.5 Å². The molecule has 0 bridgehead atoms. The molecule has 0 aromatic carbocycles. The molecule has 1 N–H and O–H groups in total. The van der Waals surface area contributed by atoms with Gasteiger partial charge in [-0.15, -0.1) is 0 Å². The van der Waals surface area contributed by atoms with Gasteiger partial charge in [0.15, 0.2) is 0 Å². The summed E-state index contributed by atoms with van der Waals surface area (Å²) in [4.78, 5) is 12.2. The summed E-state index contributed by atoms with van der Waals surface area (Å²) in [7, 11) is 0. The molecule has 0 rings (SSSR count). The van der Waals surface area contributed by atoms with Gasteiger partial charge in [-0.05, 0) is 17.3 Å². The van der Waals surface area contributed by atoms with Crippen LogP contribution in [0.1, 0.15) is 61.3 Å². The molecular formula is C14H29NO. The van der Waals surface area contributed by atoms with Gasteiger partial charge in [0.25, 0.3) is 0 Å². The van der Waals surface area contributed by atoms with E-state index in [1.807, 2.05) is 0 Å². The first-order valence-electron chi connectivity index (χ1n) is 6.38. The average Bonchev–Trinajstić information content (AvgIpc) is 1.98. The van der Waals surface area contributed by atoms with Crippen molar-refractivity contribution in [3.05, 3.63) is 0 Å². The van der Waals surface area contributed by atoms with E-state index >= 15 is 0 Å². The fourth-order valence-corrected chi connectivity index (χ4v) is 2.58. The molecule has 0 aromatic heterocycles. The Hall–Kier alpha value is -0.530. The molecule has 0 aliphatic carbocycles. The minimum Gasteiger partial charge on any atom is -0.356 e. The maximum absolute atomic E-state index is 12.2. The van der Waals surface area contributed by atoms with Crippen molar-refractivity contribution < 1.29 is 4.79 Å². The molecule has 0 heterocycles.